The first-order chi connectivity index (χ1) is 2.27. The Labute approximate surface area is 60.5 Å². The summed E-state index contributed by atoms with van der Waals surface area (Å²) >= 11 is 0. The summed E-state index contributed by atoms with van der Waals surface area (Å²) in [7, 11) is 0. The van der Waals surface area contributed by atoms with E-state index in [1.807, 2.05) is 0 Å². The molecule has 0 unspecified atom stereocenters. The van der Waals surface area contributed by atoms with Gasteiger partial charge >= 0.3 is 0 Å². The molecule has 0 fully saturated rings. The van der Waals surface area contributed by atoms with Crippen molar-refractivity contribution in [2.24, 2.45) is 0 Å². The molecule has 0 amide bonds. The number of hydrogen-bond acceptors (Lipinski definition) is 0. The average Bonchev–Trinajstić information content (AvgIpc) is 1.38. The fourth-order valence-electron chi connectivity index (χ4n) is 0. The van der Waals surface area contributed by atoms with Crippen LogP contribution < -0.4 is 0 Å². The van der Waals surface area contributed by atoms with Gasteiger partial charge in [-0.15, -0.1) is 0 Å². The van der Waals surface area contributed by atoms with Crippen molar-refractivity contribution in [3.63, 3.8) is 0 Å². The Balaban J connectivity index is 0. The summed E-state index contributed by atoms with van der Waals surface area (Å²) in [5.74, 6) is 0. The van der Waals surface area contributed by atoms with Crippen LogP contribution in [0.15, 0.2) is 6.08 Å². The Hall–Kier alpha value is 0.704. The van der Waals surface area contributed by atoms with Gasteiger partial charge in [-0.05, 0) is 0 Å². The van der Waals surface area contributed by atoms with Crippen LogP contribution >= 0.6 is 0 Å². The van der Waals surface area contributed by atoms with E-state index in [2.05, 4.69) is 0 Å². The molecule has 0 N–H and O–H groups in total. The minimum Gasteiger partial charge on any atom is -0.430 e. The summed E-state index contributed by atoms with van der Waals surface area (Å²) in [4.78, 5) is 0. The molecular weight excluding hydrogens is 163 g/mol. The first kappa shape index (κ1) is 9.86. The molecule has 0 rings (SSSR count). The first-order valence-electron chi connectivity index (χ1n) is 1.13. The molecule has 0 saturated carbocycles. The maximum atomic E-state index is 10.6. The molecule has 0 bridgehead atoms. The second kappa shape index (κ2) is 5.70. The fourth-order valence-corrected chi connectivity index (χ4v) is 0. The number of halogens is 2. The number of allylic oxidation sites excluding steroid dienone is 1. The van der Waals surface area contributed by atoms with Crippen LogP contribution in [0.3, 0.4) is 0 Å². The zero-order valence-electron chi connectivity index (χ0n) is 3.33. The van der Waals surface area contributed by atoms with E-state index < -0.39 is 6.08 Å². The normalized spacial score (nSPS) is 5.83. The van der Waals surface area contributed by atoms with E-state index in [1.165, 1.54) is 0 Å². The maximum absolute atomic E-state index is 10.6. The summed E-state index contributed by atoms with van der Waals surface area (Å²) in [6, 6.07) is 0. The van der Waals surface area contributed by atoms with Gasteiger partial charge in [-0.1, -0.05) is 0 Å². The van der Waals surface area contributed by atoms with Gasteiger partial charge in [0.1, 0.15) is 0 Å². The van der Waals surface area contributed by atoms with Crippen LogP contribution in [0.25, 0.3) is 0 Å². The fraction of sp³-hybridized carbons (Fsp3) is 0.333. The van der Waals surface area contributed by atoms with Gasteiger partial charge in [0.2, 0.25) is 0 Å². The molecule has 0 aromatic rings. The largest absolute Gasteiger partial charge is 0.430 e. The van der Waals surface area contributed by atoms with Crippen molar-refractivity contribution >= 4 is 0 Å². The zero-order valence-corrected chi connectivity index (χ0v) is 6.17. The van der Waals surface area contributed by atoms with Gasteiger partial charge in [-0.2, -0.15) is 6.92 Å². The molecular formula is C3H3F2Y-. The van der Waals surface area contributed by atoms with Crippen LogP contribution in [0.1, 0.15) is 6.92 Å². The van der Waals surface area contributed by atoms with E-state index in [1.54, 1.807) is 6.08 Å². The van der Waals surface area contributed by atoms with Crippen molar-refractivity contribution in [2.75, 3.05) is 0 Å². The van der Waals surface area contributed by atoms with Gasteiger partial charge < -0.3 is 6.08 Å². The second-order valence-corrected chi connectivity index (χ2v) is 0.510. The van der Waals surface area contributed by atoms with Crippen LogP contribution in [0.5, 0.6) is 0 Å². The molecule has 3 heteroatoms. The molecule has 1 radical (unpaired) electrons. The van der Waals surface area contributed by atoms with Crippen molar-refractivity contribution in [3.05, 3.63) is 12.2 Å². The quantitative estimate of drug-likeness (QED) is 0.479. The Bertz CT molecular complexity index is 46.8. The van der Waals surface area contributed by atoms with Crippen LogP contribution in [0, 0.1) is 6.08 Å². The van der Waals surface area contributed by atoms with Crippen LogP contribution in [0.2, 0.25) is 0 Å². The first-order valence-corrected chi connectivity index (χ1v) is 1.13. The van der Waals surface area contributed by atoms with Gasteiger partial charge in [-0.25, -0.2) is 8.78 Å². The van der Waals surface area contributed by atoms with Crippen molar-refractivity contribution in [1.29, 1.82) is 0 Å². The summed E-state index contributed by atoms with van der Waals surface area (Å²) in [5.41, 5.74) is 0. The molecule has 0 aromatic heterocycles. The van der Waals surface area contributed by atoms with Gasteiger partial charge in [-0.3, -0.25) is 0 Å². The third-order valence-electron chi connectivity index (χ3n) is 0.189. The zero-order chi connectivity index (χ0) is 4.28. The van der Waals surface area contributed by atoms with E-state index >= 15 is 0 Å². The third kappa shape index (κ3) is 8.83. The van der Waals surface area contributed by atoms with E-state index in [4.69, 9.17) is 0 Å². The molecule has 6 heavy (non-hydrogen) atoms. The Morgan fingerprint density at radius 1 is 1.50 bits per heavy atom. The molecule has 33 valence electrons. The smallest absolute Gasteiger partial charge is 0.0909 e. The van der Waals surface area contributed by atoms with Crippen LogP contribution in [0.4, 0.5) is 8.78 Å². The number of hydrogen-bond donors (Lipinski definition) is 0. The monoisotopic (exact) mass is 166 g/mol. The standard InChI is InChI=1S/C3H3F2.Y/c1-2-3(4)5;/h1H3;/q-1;. The van der Waals surface area contributed by atoms with Gasteiger partial charge in [0, 0.05) is 32.7 Å². The SMILES string of the molecule is C[C-]=C(F)F.[Y]. The molecule has 0 heterocycles. The molecule has 0 aliphatic heterocycles. The van der Waals surface area contributed by atoms with Crippen molar-refractivity contribution in [3.8, 4) is 0 Å². The Morgan fingerprint density at radius 2 is 1.67 bits per heavy atom. The summed E-state index contributed by atoms with van der Waals surface area (Å²) < 4.78 is 21.1. The van der Waals surface area contributed by atoms with Crippen molar-refractivity contribution < 1.29 is 41.5 Å². The van der Waals surface area contributed by atoms with Gasteiger partial charge in [0.25, 0.3) is 0 Å². The summed E-state index contributed by atoms with van der Waals surface area (Å²) in [6.45, 7) is 1.16. The molecule has 0 saturated heterocycles. The molecule has 0 aromatic carbocycles. The molecule has 0 aliphatic rings. The Morgan fingerprint density at radius 3 is 1.67 bits per heavy atom. The molecule has 0 aliphatic carbocycles. The van der Waals surface area contributed by atoms with Crippen molar-refractivity contribution in [1.82, 2.24) is 0 Å². The van der Waals surface area contributed by atoms with Gasteiger partial charge in [0.05, 0.1) is 6.08 Å². The van der Waals surface area contributed by atoms with E-state index in [0.29, 0.717) is 0 Å². The van der Waals surface area contributed by atoms with Gasteiger partial charge in [0.15, 0.2) is 0 Å². The van der Waals surface area contributed by atoms with Crippen LogP contribution in [-0.4, -0.2) is 0 Å². The van der Waals surface area contributed by atoms with Crippen LogP contribution in [-0.2, 0) is 32.7 Å². The summed E-state index contributed by atoms with van der Waals surface area (Å²) in [6.07, 6.45) is -0.134. The predicted molar refractivity (Wildman–Crippen MR) is 14.6 cm³/mol. The third-order valence-corrected chi connectivity index (χ3v) is 0.189. The predicted octanol–water partition coefficient (Wildman–Crippen LogP) is 1.59. The van der Waals surface area contributed by atoms with Crippen molar-refractivity contribution in [2.45, 2.75) is 6.92 Å². The summed E-state index contributed by atoms with van der Waals surface area (Å²) in [5, 5.41) is 0. The minimum absolute atomic E-state index is 0. The minimum atomic E-state index is -1.75. The molecule has 0 spiro atoms. The molecule has 0 atom stereocenters. The molecule has 0 nitrogen and oxygen atoms in total. The second-order valence-electron chi connectivity index (χ2n) is 0.510. The van der Waals surface area contributed by atoms with E-state index in [9.17, 15) is 8.78 Å². The Kier molecular flexibility index (Phi) is 9.37. The van der Waals surface area contributed by atoms with E-state index in [-0.39, 0.29) is 32.7 Å². The maximum Gasteiger partial charge on any atom is 0.0909 e. The number of rotatable bonds is 0. The average molecular weight is 166 g/mol. The van der Waals surface area contributed by atoms with E-state index in [0.717, 1.165) is 6.92 Å². The topological polar surface area (TPSA) is 0 Å².